The summed E-state index contributed by atoms with van der Waals surface area (Å²) < 4.78 is 0. The van der Waals surface area contributed by atoms with Gasteiger partial charge in [0.05, 0.1) is 17.9 Å². The van der Waals surface area contributed by atoms with Gasteiger partial charge in [-0.1, -0.05) is 11.8 Å². The Labute approximate surface area is 92.4 Å². The van der Waals surface area contributed by atoms with Gasteiger partial charge >= 0.3 is 0 Å². The maximum Gasteiger partial charge on any atom is 0.289 e. The summed E-state index contributed by atoms with van der Waals surface area (Å²) in [5, 5.41) is 9.62. The summed E-state index contributed by atoms with van der Waals surface area (Å²) in [5.74, 6) is 0.0522. The summed E-state index contributed by atoms with van der Waals surface area (Å²) in [7, 11) is 1.92. The van der Waals surface area contributed by atoms with Gasteiger partial charge in [-0.3, -0.25) is 14.5 Å². The molecule has 0 aromatic carbocycles. The predicted octanol–water partition coefficient (Wildman–Crippen LogP) is -0.253. The number of aliphatic hydroxyl groups excluding tert-OH is 1. The fourth-order valence-electron chi connectivity index (χ4n) is 2.06. The fourth-order valence-corrected chi connectivity index (χ4v) is 2.83. The molecular weight excluding hydrogens is 216 g/mol. The molecule has 84 valence electrons. The van der Waals surface area contributed by atoms with Crippen molar-refractivity contribution in [1.82, 2.24) is 9.80 Å². The zero-order valence-corrected chi connectivity index (χ0v) is 9.37. The van der Waals surface area contributed by atoms with Gasteiger partial charge in [0, 0.05) is 13.1 Å². The number of imide groups is 1. The molecule has 15 heavy (non-hydrogen) atoms. The molecule has 2 rings (SSSR count). The van der Waals surface area contributed by atoms with Crippen LogP contribution in [0.5, 0.6) is 0 Å². The third-order valence-corrected chi connectivity index (χ3v) is 3.70. The van der Waals surface area contributed by atoms with Crippen LogP contribution >= 0.6 is 11.8 Å². The smallest absolute Gasteiger partial charge is 0.289 e. The number of likely N-dealkylation sites (tertiary alicyclic amines) is 1. The van der Waals surface area contributed by atoms with Gasteiger partial charge in [-0.15, -0.1) is 0 Å². The first kappa shape index (κ1) is 10.9. The Kier molecular flexibility index (Phi) is 2.99. The monoisotopic (exact) mass is 230 g/mol. The highest BCUT2D eigenvalue weighted by Crippen LogP contribution is 2.26. The van der Waals surface area contributed by atoms with E-state index in [0.29, 0.717) is 13.0 Å². The number of carbonyl (C=O) groups excluding carboxylic acids is 2. The van der Waals surface area contributed by atoms with Crippen molar-refractivity contribution < 1.29 is 14.7 Å². The topological polar surface area (TPSA) is 60.9 Å². The molecule has 0 aromatic heterocycles. The van der Waals surface area contributed by atoms with Crippen molar-refractivity contribution in [1.29, 1.82) is 0 Å². The van der Waals surface area contributed by atoms with Crippen molar-refractivity contribution in [3.05, 3.63) is 0 Å². The molecule has 2 aliphatic rings. The molecular formula is C9H14N2O3S. The Morgan fingerprint density at radius 3 is 2.73 bits per heavy atom. The molecule has 2 aliphatic heterocycles. The third-order valence-electron chi connectivity index (χ3n) is 2.87. The van der Waals surface area contributed by atoms with Crippen LogP contribution in [0.25, 0.3) is 0 Å². The molecule has 0 unspecified atom stereocenters. The minimum absolute atomic E-state index is 0.168. The summed E-state index contributed by atoms with van der Waals surface area (Å²) in [6.07, 6.45) is 0.0470. The van der Waals surface area contributed by atoms with Crippen LogP contribution in [0.4, 0.5) is 4.79 Å². The number of hydrogen-bond acceptors (Lipinski definition) is 5. The van der Waals surface area contributed by atoms with E-state index in [4.69, 9.17) is 0 Å². The molecule has 6 heteroatoms. The molecule has 0 saturated carbocycles. The second-order valence-electron chi connectivity index (χ2n) is 4.00. The first-order valence-electron chi connectivity index (χ1n) is 4.95. The lowest BCUT2D eigenvalue weighted by atomic mass is 10.0. The average molecular weight is 230 g/mol. The first-order chi connectivity index (χ1) is 7.09. The van der Waals surface area contributed by atoms with Crippen LogP contribution in [-0.4, -0.2) is 64.1 Å². The van der Waals surface area contributed by atoms with E-state index >= 15 is 0 Å². The first-order valence-corrected chi connectivity index (χ1v) is 5.93. The largest absolute Gasteiger partial charge is 0.390 e. The number of piperidine rings is 1. The number of hydrogen-bond donors (Lipinski definition) is 1. The van der Waals surface area contributed by atoms with Gasteiger partial charge < -0.3 is 10.0 Å². The summed E-state index contributed by atoms with van der Waals surface area (Å²) in [6.45, 7) is 1.33. The SMILES string of the molecule is CN1CC[C@@H](N2C(=O)CSC2=O)[C@H](O)C1. The van der Waals surface area contributed by atoms with Crippen LogP contribution in [0, 0.1) is 0 Å². The molecule has 0 radical (unpaired) electrons. The zero-order valence-electron chi connectivity index (χ0n) is 8.55. The molecule has 0 aliphatic carbocycles. The minimum Gasteiger partial charge on any atom is -0.390 e. The number of amides is 2. The van der Waals surface area contributed by atoms with Gasteiger partial charge in [0.15, 0.2) is 0 Å². The predicted molar refractivity (Wildman–Crippen MR) is 56.6 cm³/mol. The van der Waals surface area contributed by atoms with Crippen molar-refractivity contribution in [3.8, 4) is 0 Å². The van der Waals surface area contributed by atoms with E-state index < -0.39 is 6.10 Å². The molecule has 2 amide bonds. The van der Waals surface area contributed by atoms with Gasteiger partial charge in [0.1, 0.15) is 0 Å². The lowest BCUT2D eigenvalue weighted by Gasteiger charge is -2.37. The highest BCUT2D eigenvalue weighted by Gasteiger charge is 2.40. The highest BCUT2D eigenvalue weighted by atomic mass is 32.2. The summed E-state index contributed by atoms with van der Waals surface area (Å²) in [4.78, 5) is 26.2. The lowest BCUT2D eigenvalue weighted by Crippen LogP contribution is -2.54. The summed E-state index contributed by atoms with van der Waals surface area (Å²) >= 11 is 1.02. The van der Waals surface area contributed by atoms with E-state index in [9.17, 15) is 14.7 Å². The number of likely N-dealkylation sites (N-methyl/N-ethyl adjacent to an activating group) is 1. The average Bonchev–Trinajstić information content (AvgIpc) is 2.48. The van der Waals surface area contributed by atoms with Gasteiger partial charge in [0.2, 0.25) is 5.91 Å². The van der Waals surface area contributed by atoms with Crippen molar-refractivity contribution >= 4 is 22.9 Å². The van der Waals surface area contributed by atoms with Crippen LogP contribution in [0.15, 0.2) is 0 Å². The quantitative estimate of drug-likeness (QED) is 0.673. The molecule has 5 nitrogen and oxygen atoms in total. The molecule has 2 atom stereocenters. The Hall–Kier alpha value is -0.590. The summed E-state index contributed by atoms with van der Waals surface area (Å²) in [5.41, 5.74) is 0. The molecule has 0 bridgehead atoms. The molecule has 2 saturated heterocycles. The number of rotatable bonds is 1. The Bertz CT molecular complexity index is 281. The van der Waals surface area contributed by atoms with Gasteiger partial charge in [-0.05, 0) is 13.5 Å². The second kappa shape index (κ2) is 4.11. The van der Waals surface area contributed by atoms with E-state index in [2.05, 4.69) is 0 Å². The van der Waals surface area contributed by atoms with E-state index in [1.165, 1.54) is 4.90 Å². The van der Waals surface area contributed by atoms with Gasteiger partial charge in [0.25, 0.3) is 5.24 Å². The second-order valence-corrected chi connectivity index (χ2v) is 4.93. The maximum atomic E-state index is 11.5. The van der Waals surface area contributed by atoms with Crippen LogP contribution < -0.4 is 0 Å². The van der Waals surface area contributed by atoms with Crippen molar-refractivity contribution in [3.63, 3.8) is 0 Å². The van der Waals surface area contributed by atoms with Crippen molar-refractivity contribution in [2.24, 2.45) is 0 Å². The zero-order chi connectivity index (χ0) is 11.0. The normalized spacial score (nSPS) is 33.9. The van der Waals surface area contributed by atoms with Crippen molar-refractivity contribution in [2.75, 3.05) is 25.9 Å². The summed E-state index contributed by atoms with van der Waals surface area (Å²) in [6, 6.07) is -0.323. The Balaban J connectivity index is 2.09. The van der Waals surface area contributed by atoms with E-state index in [0.717, 1.165) is 18.3 Å². The number of thioether (sulfide) groups is 1. The van der Waals surface area contributed by atoms with Crippen LogP contribution in [-0.2, 0) is 4.79 Å². The standard InChI is InChI=1S/C9H14N2O3S/c1-10-3-2-6(7(12)4-10)11-8(13)5-15-9(11)14/h6-7,12H,2-5H2,1H3/t6-,7-/m1/s1. The van der Waals surface area contributed by atoms with E-state index in [1.807, 2.05) is 11.9 Å². The Morgan fingerprint density at radius 2 is 2.20 bits per heavy atom. The molecule has 0 spiro atoms. The number of nitrogens with zero attached hydrogens (tertiary/aromatic N) is 2. The van der Waals surface area contributed by atoms with Crippen LogP contribution in [0.3, 0.4) is 0 Å². The van der Waals surface area contributed by atoms with Gasteiger partial charge in [-0.25, -0.2) is 0 Å². The molecule has 2 fully saturated rings. The third kappa shape index (κ3) is 2.02. The Morgan fingerprint density at radius 1 is 1.47 bits per heavy atom. The highest BCUT2D eigenvalue weighted by molar-refractivity contribution is 8.14. The van der Waals surface area contributed by atoms with Crippen molar-refractivity contribution in [2.45, 2.75) is 18.6 Å². The minimum atomic E-state index is -0.615. The molecule has 2 heterocycles. The van der Waals surface area contributed by atoms with Crippen LogP contribution in [0.1, 0.15) is 6.42 Å². The van der Waals surface area contributed by atoms with E-state index in [1.54, 1.807) is 0 Å². The lowest BCUT2D eigenvalue weighted by molar-refractivity contribution is -0.129. The number of β-amino-alcohol motifs (C(OH)–C–C–N with tert-alkyl or cyclic N) is 1. The molecule has 1 N–H and O–H groups in total. The molecule has 0 aromatic rings. The van der Waals surface area contributed by atoms with E-state index in [-0.39, 0.29) is 22.9 Å². The maximum absolute atomic E-state index is 11.5. The van der Waals surface area contributed by atoms with Gasteiger partial charge in [-0.2, -0.15) is 0 Å². The fraction of sp³-hybridized carbons (Fsp3) is 0.778. The number of carbonyl (C=O) groups is 2. The number of aliphatic hydroxyl groups is 1. The van der Waals surface area contributed by atoms with Crippen LogP contribution in [0.2, 0.25) is 0 Å².